The summed E-state index contributed by atoms with van der Waals surface area (Å²) in [7, 11) is 0. The highest BCUT2D eigenvalue weighted by Gasteiger charge is 2.17. The Labute approximate surface area is 258 Å². The zero-order valence-corrected chi connectivity index (χ0v) is 24.2. The van der Waals surface area contributed by atoms with Crippen molar-refractivity contribution >= 4 is 65.7 Å². The Hall–Kier alpha value is -6.06. The van der Waals surface area contributed by atoms with Gasteiger partial charge in [0.05, 0.1) is 11.0 Å². The lowest BCUT2D eigenvalue weighted by atomic mass is 9.98. The predicted molar refractivity (Wildman–Crippen MR) is 186 cm³/mol. The number of benzene rings is 7. The molecule has 0 N–H and O–H groups in total. The normalized spacial score (nSPS) is 12.0. The van der Waals surface area contributed by atoms with Crippen LogP contribution in [0, 0.1) is 0 Å². The van der Waals surface area contributed by atoms with E-state index in [0.29, 0.717) is 0 Å². The summed E-state index contributed by atoms with van der Waals surface area (Å²) >= 11 is 0. The molecular weight excluding hydrogens is 550 g/mol. The third kappa shape index (κ3) is 3.65. The van der Waals surface area contributed by atoms with E-state index < -0.39 is 0 Å². The van der Waals surface area contributed by atoms with Crippen molar-refractivity contribution in [2.45, 2.75) is 0 Å². The summed E-state index contributed by atoms with van der Waals surface area (Å²) in [5, 5.41) is 6.86. The van der Waals surface area contributed by atoms with Crippen molar-refractivity contribution in [3.05, 3.63) is 152 Å². The van der Waals surface area contributed by atoms with Crippen LogP contribution in [0.15, 0.2) is 160 Å². The molecule has 10 aromatic rings. The van der Waals surface area contributed by atoms with E-state index in [-0.39, 0.29) is 0 Å². The third-order valence-electron chi connectivity index (χ3n) is 9.19. The second-order valence-corrected chi connectivity index (χ2v) is 11.8. The van der Waals surface area contributed by atoms with Gasteiger partial charge in [-0.3, -0.25) is 0 Å². The van der Waals surface area contributed by atoms with Gasteiger partial charge in [-0.2, -0.15) is 0 Å². The van der Waals surface area contributed by atoms with Gasteiger partial charge in [0.15, 0.2) is 0 Å². The highest BCUT2D eigenvalue weighted by Crippen LogP contribution is 2.40. The second-order valence-electron chi connectivity index (χ2n) is 11.8. The topological polar surface area (TPSA) is 31.2 Å². The Morgan fingerprint density at radius 1 is 0.311 bits per heavy atom. The van der Waals surface area contributed by atoms with Crippen LogP contribution in [0.25, 0.3) is 93.6 Å². The van der Waals surface area contributed by atoms with E-state index in [1.54, 1.807) is 0 Å². The molecule has 0 aliphatic carbocycles. The van der Waals surface area contributed by atoms with Crippen LogP contribution >= 0.6 is 0 Å². The van der Waals surface area contributed by atoms with Gasteiger partial charge in [-0.1, -0.05) is 91.0 Å². The molecule has 210 valence electrons. The molecule has 45 heavy (non-hydrogen) atoms. The summed E-state index contributed by atoms with van der Waals surface area (Å²) in [5.74, 6) is 0. The van der Waals surface area contributed by atoms with Crippen molar-refractivity contribution in [3.63, 3.8) is 0 Å². The maximum Gasteiger partial charge on any atom is 0.139 e. The van der Waals surface area contributed by atoms with Crippen LogP contribution in [0.4, 0.5) is 0 Å². The van der Waals surface area contributed by atoms with Crippen LogP contribution in [0.3, 0.4) is 0 Å². The molecule has 0 radical (unpaired) electrons. The fourth-order valence-electron chi connectivity index (χ4n) is 7.06. The first-order chi connectivity index (χ1) is 22.3. The zero-order chi connectivity index (χ0) is 29.5. The molecule has 0 saturated carbocycles. The fraction of sp³-hybridized carbons (Fsp3) is 0. The number of hydrogen-bond acceptors (Lipinski definition) is 2. The van der Waals surface area contributed by atoms with Gasteiger partial charge in [0, 0.05) is 44.1 Å². The van der Waals surface area contributed by atoms with Crippen molar-refractivity contribution < 1.29 is 8.83 Å². The van der Waals surface area contributed by atoms with E-state index >= 15 is 0 Å². The van der Waals surface area contributed by atoms with Gasteiger partial charge in [-0.05, 0) is 76.9 Å². The Kier molecular flexibility index (Phi) is 5.00. The van der Waals surface area contributed by atoms with Gasteiger partial charge < -0.3 is 13.4 Å². The van der Waals surface area contributed by atoms with E-state index in [0.717, 1.165) is 55.1 Å². The molecule has 3 heterocycles. The first-order valence-electron chi connectivity index (χ1n) is 15.3. The van der Waals surface area contributed by atoms with Crippen LogP contribution in [0.2, 0.25) is 0 Å². The molecule has 0 amide bonds. The van der Waals surface area contributed by atoms with Crippen LogP contribution in [0.1, 0.15) is 0 Å². The summed E-state index contributed by atoms with van der Waals surface area (Å²) < 4.78 is 15.1. The molecule has 3 aromatic heterocycles. The largest absolute Gasteiger partial charge is 0.456 e. The molecule has 3 nitrogen and oxygen atoms in total. The average molecular weight is 576 g/mol. The van der Waals surface area contributed by atoms with E-state index in [4.69, 9.17) is 8.83 Å². The summed E-state index contributed by atoms with van der Waals surface area (Å²) in [6.45, 7) is 0. The standard InChI is InChI=1S/C42H25NO2/c1-2-9-26(10-3-1)27-11-8-12-28(21-27)29-17-19-39-33(22-29)35-24-36-34-23-30(18-20-40(34)45-42(36)25-41(35)44-39)43-37-15-6-4-13-31(37)32-14-5-7-16-38(32)43/h1-25H. The fourth-order valence-corrected chi connectivity index (χ4v) is 7.06. The monoisotopic (exact) mass is 575 g/mol. The Balaban J connectivity index is 1.16. The highest BCUT2D eigenvalue weighted by atomic mass is 16.3. The summed E-state index contributed by atoms with van der Waals surface area (Å²) in [6.07, 6.45) is 0. The lowest BCUT2D eigenvalue weighted by molar-refractivity contribution is 0.656. The second kappa shape index (κ2) is 9.22. The van der Waals surface area contributed by atoms with Crippen LogP contribution in [0.5, 0.6) is 0 Å². The summed E-state index contributed by atoms with van der Waals surface area (Å²) in [5.41, 5.74) is 11.6. The van der Waals surface area contributed by atoms with Crippen molar-refractivity contribution in [3.8, 4) is 27.9 Å². The number of fused-ring (bicyclic) bond motifs is 9. The first-order valence-corrected chi connectivity index (χ1v) is 15.3. The molecule has 0 aliphatic rings. The van der Waals surface area contributed by atoms with Gasteiger partial charge in [0.1, 0.15) is 22.3 Å². The molecule has 0 bridgehead atoms. The van der Waals surface area contributed by atoms with Gasteiger partial charge >= 0.3 is 0 Å². The minimum Gasteiger partial charge on any atom is -0.456 e. The lowest BCUT2D eigenvalue weighted by Gasteiger charge is -2.08. The van der Waals surface area contributed by atoms with Crippen LogP contribution in [-0.2, 0) is 0 Å². The van der Waals surface area contributed by atoms with Gasteiger partial charge in [0.2, 0.25) is 0 Å². The molecule has 0 spiro atoms. The van der Waals surface area contributed by atoms with Crippen LogP contribution < -0.4 is 0 Å². The molecule has 0 aliphatic heterocycles. The summed E-state index contributed by atoms with van der Waals surface area (Å²) in [4.78, 5) is 0. The number of aromatic nitrogens is 1. The van der Waals surface area contributed by atoms with Crippen molar-refractivity contribution in [2.24, 2.45) is 0 Å². The molecule has 0 atom stereocenters. The number of rotatable bonds is 3. The minimum atomic E-state index is 0.826. The van der Waals surface area contributed by atoms with Gasteiger partial charge in [-0.15, -0.1) is 0 Å². The van der Waals surface area contributed by atoms with Crippen molar-refractivity contribution in [1.82, 2.24) is 4.57 Å². The minimum absolute atomic E-state index is 0.826. The maximum atomic E-state index is 6.38. The molecule has 3 heteroatoms. The molecule has 0 fully saturated rings. The van der Waals surface area contributed by atoms with Crippen molar-refractivity contribution in [2.75, 3.05) is 0 Å². The molecular formula is C42H25NO2. The van der Waals surface area contributed by atoms with E-state index in [9.17, 15) is 0 Å². The van der Waals surface area contributed by atoms with Gasteiger partial charge in [-0.25, -0.2) is 0 Å². The Morgan fingerprint density at radius 2 is 0.844 bits per heavy atom. The Morgan fingerprint density at radius 3 is 1.56 bits per heavy atom. The lowest BCUT2D eigenvalue weighted by Crippen LogP contribution is -1.93. The zero-order valence-electron chi connectivity index (χ0n) is 24.2. The quantitative estimate of drug-likeness (QED) is 0.210. The number of hydrogen-bond donors (Lipinski definition) is 0. The average Bonchev–Trinajstić information content (AvgIpc) is 3.76. The first kappa shape index (κ1) is 24.4. The predicted octanol–water partition coefficient (Wildman–Crippen LogP) is 11.9. The number of furan rings is 2. The third-order valence-corrected chi connectivity index (χ3v) is 9.19. The van der Waals surface area contributed by atoms with E-state index in [1.165, 1.54) is 38.5 Å². The van der Waals surface area contributed by atoms with E-state index in [1.807, 2.05) is 6.07 Å². The molecule has 10 rings (SSSR count). The Bertz CT molecular complexity index is 2710. The number of para-hydroxylation sites is 2. The van der Waals surface area contributed by atoms with Crippen LogP contribution in [-0.4, -0.2) is 4.57 Å². The number of nitrogens with zero attached hydrogens (tertiary/aromatic N) is 1. The highest BCUT2D eigenvalue weighted by molar-refractivity contribution is 6.16. The van der Waals surface area contributed by atoms with Crippen molar-refractivity contribution in [1.29, 1.82) is 0 Å². The molecule has 0 unspecified atom stereocenters. The van der Waals surface area contributed by atoms with E-state index in [2.05, 4.69) is 150 Å². The maximum absolute atomic E-state index is 6.38. The molecule has 0 saturated heterocycles. The molecule has 7 aromatic carbocycles. The summed E-state index contributed by atoms with van der Waals surface area (Å²) in [6, 6.07) is 53.7. The smallest absolute Gasteiger partial charge is 0.139 e. The SMILES string of the molecule is c1ccc(-c2cccc(-c3ccc4oc5cc6oc7ccc(-n8c9ccccc9c9ccccc98)cc7c6cc5c4c3)c2)cc1. The van der Waals surface area contributed by atoms with Gasteiger partial charge in [0.25, 0.3) is 0 Å².